The first-order chi connectivity index (χ1) is 14.2. The minimum atomic E-state index is -0.836. The third kappa shape index (κ3) is 4.50. The van der Waals surface area contributed by atoms with Gasteiger partial charge in [-0.3, -0.25) is 14.9 Å². The van der Waals surface area contributed by atoms with Crippen LogP contribution in [0.25, 0.3) is 6.08 Å². The lowest BCUT2D eigenvalue weighted by Gasteiger charge is -2.26. The molecule has 154 valence electrons. The van der Waals surface area contributed by atoms with Gasteiger partial charge >= 0.3 is 6.03 Å². The van der Waals surface area contributed by atoms with Crippen LogP contribution in [0.3, 0.4) is 0 Å². The maximum Gasteiger partial charge on any atom is 0.335 e. The summed E-state index contributed by atoms with van der Waals surface area (Å²) in [5.74, 6) is -0.968. The van der Waals surface area contributed by atoms with Gasteiger partial charge in [-0.05, 0) is 80.3 Å². The van der Waals surface area contributed by atoms with Gasteiger partial charge < -0.3 is 4.74 Å². The zero-order valence-electron chi connectivity index (χ0n) is 15.7. The fraction of sp³-hybridized carbons (Fsp3) is 0.0952. The summed E-state index contributed by atoms with van der Waals surface area (Å²) in [5.41, 5.74) is 1.42. The lowest BCUT2D eigenvalue weighted by atomic mass is 10.1. The van der Waals surface area contributed by atoms with Gasteiger partial charge in [0, 0.05) is 5.02 Å². The molecule has 0 saturated carbocycles. The monoisotopic (exact) mass is 552 g/mol. The number of anilines is 1. The molecule has 1 aliphatic heterocycles. The number of ether oxygens (including phenoxy) is 1. The maximum atomic E-state index is 13.0. The largest absolute Gasteiger partial charge is 0.487 e. The van der Waals surface area contributed by atoms with Gasteiger partial charge in [-0.1, -0.05) is 30.3 Å². The number of imide groups is 2. The van der Waals surface area contributed by atoms with Gasteiger partial charge in [0.25, 0.3) is 11.8 Å². The van der Waals surface area contributed by atoms with Crippen molar-refractivity contribution in [3.63, 3.8) is 0 Å². The quantitative estimate of drug-likeness (QED) is 0.305. The van der Waals surface area contributed by atoms with E-state index < -0.39 is 17.8 Å². The summed E-state index contributed by atoms with van der Waals surface area (Å²) in [7, 11) is 0. The molecular weight excluding hydrogens is 540 g/mol. The second-order valence-electron chi connectivity index (χ2n) is 6.30. The van der Waals surface area contributed by atoms with Gasteiger partial charge in [-0.25, -0.2) is 9.69 Å². The van der Waals surface area contributed by atoms with Crippen LogP contribution in [0.15, 0.2) is 57.5 Å². The molecule has 0 unspecified atom stereocenters. The van der Waals surface area contributed by atoms with Gasteiger partial charge in [0.15, 0.2) is 0 Å². The van der Waals surface area contributed by atoms with Crippen LogP contribution in [0.2, 0.25) is 5.02 Å². The number of carbonyl (C=O) groups is 3. The Morgan fingerprint density at radius 3 is 2.43 bits per heavy atom. The predicted molar refractivity (Wildman–Crippen MR) is 123 cm³/mol. The molecule has 0 spiro atoms. The molecule has 0 atom stereocenters. The van der Waals surface area contributed by atoms with Crippen LogP contribution in [0.5, 0.6) is 5.75 Å². The topological polar surface area (TPSA) is 75.7 Å². The Labute approximate surface area is 194 Å². The first kappa shape index (κ1) is 22.3. The minimum absolute atomic E-state index is 0.190. The van der Waals surface area contributed by atoms with Crippen molar-refractivity contribution in [3.05, 3.63) is 73.7 Å². The summed E-state index contributed by atoms with van der Waals surface area (Å²) in [6, 6.07) is 7.33. The molecule has 0 aromatic heterocycles. The molecule has 2 aromatic carbocycles. The summed E-state index contributed by atoms with van der Waals surface area (Å²) in [5, 5.41) is 2.59. The number of rotatable bonds is 5. The highest BCUT2D eigenvalue weighted by molar-refractivity contribution is 9.11. The minimum Gasteiger partial charge on any atom is -0.487 e. The van der Waals surface area contributed by atoms with Crippen molar-refractivity contribution in [1.29, 1.82) is 0 Å². The number of nitrogens with zero attached hydrogens (tertiary/aromatic N) is 1. The fourth-order valence-corrected chi connectivity index (χ4v) is 4.35. The van der Waals surface area contributed by atoms with Crippen LogP contribution < -0.4 is 15.0 Å². The molecule has 0 radical (unpaired) electrons. The van der Waals surface area contributed by atoms with Gasteiger partial charge in [0.05, 0.1) is 14.6 Å². The van der Waals surface area contributed by atoms with E-state index in [9.17, 15) is 14.4 Å². The van der Waals surface area contributed by atoms with Crippen molar-refractivity contribution in [2.24, 2.45) is 0 Å². The van der Waals surface area contributed by atoms with Gasteiger partial charge in [-0.15, -0.1) is 0 Å². The van der Waals surface area contributed by atoms with Crippen molar-refractivity contribution < 1.29 is 19.1 Å². The average Bonchev–Trinajstić information content (AvgIpc) is 2.67. The van der Waals surface area contributed by atoms with Crippen LogP contribution in [0, 0.1) is 6.92 Å². The molecule has 0 bridgehead atoms. The molecule has 4 amide bonds. The molecule has 30 heavy (non-hydrogen) atoms. The van der Waals surface area contributed by atoms with Crippen molar-refractivity contribution in [1.82, 2.24) is 5.32 Å². The molecule has 6 nitrogen and oxygen atoms in total. The summed E-state index contributed by atoms with van der Waals surface area (Å²) in [6.07, 6.45) is 3.02. The number of barbiturate groups is 1. The van der Waals surface area contributed by atoms with Crippen LogP contribution >= 0.6 is 43.5 Å². The molecule has 9 heteroatoms. The number of nitrogens with one attached hydrogen (secondary N) is 1. The Balaban J connectivity index is 2.00. The highest BCUT2D eigenvalue weighted by atomic mass is 79.9. The molecule has 0 aliphatic carbocycles. The number of urea groups is 1. The number of carbonyl (C=O) groups excluding carboxylic acids is 3. The van der Waals surface area contributed by atoms with E-state index in [4.69, 9.17) is 16.3 Å². The number of halogens is 3. The Bertz CT molecular complexity index is 1090. The van der Waals surface area contributed by atoms with Crippen LogP contribution in [0.1, 0.15) is 11.1 Å². The van der Waals surface area contributed by atoms with E-state index in [-0.39, 0.29) is 11.3 Å². The third-order valence-electron chi connectivity index (χ3n) is 4.19. The van der Waals surface area contributed by atoms with Crippen LogP contribution in [0.4, 0.5) is 10.5 Å². The number of amides is 4. The number of hydrogen-bond donors (Lipinski definition) is 1. The lowest BCUT2D eigenvalue weighted by molar-refractivity contribution is -0.122. The van der Waals surface area contributed by atoms with Crippen LogP contribution in [-0.2, 0) is 9.59 Å². The molecule has 3 rings (SSSR count). The molecule has 1 fully saturated rings. The predicted octanol–water partition coefficient (Wildman–Crippen LogP) is 5.40. The van der Waals surface area contributed by atoms with E-state index in [2.05, 4.69) is 43.8 Å². The Hall–Kier alpha value is -2.42. The smallest absolute Gasteiger partial charge is 0.335 e. The Kier molecular flexibility index (Phi) is 6.80. The van der Waals surface area contributed by atoms with E-state index in [1.807, 2.05) is 0 Å². The zero-order valence-corrected chi connectivity index (χ0v) is 19.6. The maximum absolute atomic E-state index is 13.0. The number of benzene rings is 2. The Morgan fingerprint density at radius 2 is 1.83 bits per heavy atom. The second kappa shape index (κ2) is 9.16. The molecule has 1 heterocycles. The first-order valence-electron chi connectivity index (χ1n) is 8.63. The zero-order chi connectivity index (χ0) is 22.0. The molecule has 2 aromatic rings. The van der Waals surface area contributed by atoms with Crippen molar-refractivity contribution in [3.8, 4) is 5.75 Å². The number of hydrogen-bond acceptors (Lipinski definition) is 4. The standard InChI is InChI=1S/C21H15Br2ClN2O4/c1-3-6-30-18-15(22)8-12(9-16(18)23)7-14-19(27)25-21(29)26(20(14)28)13-5-4-11(2)17(24)10-13/h3-5,7-10H,1,6H2,2H3,(H,25,27,29)/b14-7+. The highest BCUT2D eigenvalue weighted by Crippen LogP contribution is 2.36. The highest BCUT2D eigenvalue weighted by Gasteiger charge is 2.37. The second-order valence-corrected chi connectivity index (χ2v) is 8.42. The lowest BCUT2D eigenvalue weighted by Crippen LogP contribution is -2.54. The summed E-state index contributed by atoms with van der Waals surface area (Å²) < 4.78 is 6.81. The third-order valence-corrected chi connectivity index (χ3v) is 5.78. The molecule has 1 aliphatic rings. The molecule has 1 saturated heterocycles. The van der Waals surface area contributed by atoms with E-state index in [1.165, 1.54) is 12.1 Å². The summed E-state index contributed by atoms with van der Waals surface area (Å²) in [6.45, 7) is 5.72. The van der Waals surface area contributed by atoms with Gasteiger partial charge in [0.1, 0.15) is 17.9 Å². The molecular formula is C21H15Br2ClN2O4. The van der Waals surface area contributed by atoms with Crippen molar-refractivity contribution in [2.45, 2.75) is 6.92 Å². The summed E-state index contributed by atoms with van der Waals surface area (Å²) >= 11 is 13.0. The first-order valence-corrected chi connectivity index (χ1v) is 10.6. The SMILES string of the molecule is C=CCOc1c(Br)cc(/C=C2\C(=O)NC(=O)N(c3ccc(C)c(Cl)c3)C2=O)cc1Br. The van der Waals surface area contributed by atoms with E-state index in [1.54, 1.807) is 37.3 Å². The Morgan fingerprint density at radius 1 is 1.17 bits per heavy atom. The number of aryl methyl sites for hydroxylation is 1. The van der Waals surface area contributed by atoms with E-state index >= 15 is 0 Å². The molecule has 1 N–H and O–H groups in total. The fourth-order valence-electron chi connectivity index (χ4n) is 2.72. The van der Waals surface area contributed by atoms with Gasteiger partial charge in [0.2, 0.25) is 0 Å². The van der Waals surface area contributed by atoms with Crippen molar-refractivity contribution in [2.75, 3.05) is 11.5 Å². The van der Waals surface area contributed by atoms with E-state index in [0.29, 0.717) is 31.9 Å². The summed E-state index contributed by atoms with van der Waals surface area (Å²) in [4.78, 5) is 38.6. The normalized spacial score (nSPS) is 15.4. The van der Waals surface area contributed by atoms with Crippen molar-refractivity contribution >= 4 is 73.1 Å². The van der Waals surface area contributed by atoms with Gasteiger partial charge in [-0.2, -0.15) is 0 Å². The average molecular weight is 555 g/mol. The van der Waals surface area contributed by atoms with Crippen LogP contribution in [-0.4, -0.2) is 24.5 Å². The van der Waals surface area contributed by atoms with E-state index in [0.717, 1.165) is 10.5 Å².